The molecule has 0 unspecified atom stereocenters. The minimum Gasteiger partial charge on any atom is -0.396 e. The highest BCUT2D eigenvalue weighted by molar-refractivity contribution is 5.74. The Balaban J connectivity index is 1.85. The van der Waals surface area contributed by atoms with E-state index in [1.54, 1.807) is 0 Å². The SMILES string of the molecule is Cc1noc(C)c1C[C@@H](C)NC(=O)N[C@H](CCO)C1CCCCC1. The van der Waals surface area contributed by atoms with Gasteiger partial charge in [0.2, 0.25) is 0 Å². The maximum Gasteiger partial charge on any atom is 0.315 e. The van der Waals surface area contributed by atoms with Crippen molar-refractivity contribution in [3.05, 3.63) is 17.0 Å². The Morgan fingerprint density at radius 3 is 2.58 bits per heavy atom. The smallest absolute Gasteiger partial charge is 0.315 e. The summed E-state index contributed by atoms with van der Waals surface area (Å²) in [5.74, 6) is 1.29. The lowest BCUT2D eigenvalue weighted by molar-refractivity contribution is 0.195. The number of rotatable bonds is 7. The van der Waals surface area contributed by atoms with Gasteiger partial charge in [-0.15, -0.1) is 0 Å². The number of carbonyl (C=O) groups is 1. The normalized spacial score (nSPS) is 18.2. The number of aliphatic hydroxyl groups excluding tert-OH is 1. The summed E-state index contributed by atoms with van der Waals surface area (Å²) in [7, 11) is 0. The number of carbonyl (C=O) groups excluding carboxylic acids is 1. The van der Waals surface area contributed by atoms with Gasteiger partial charge in [-0.2, -0.15) is 0 Å². The van der Waals surface area contributed by atoms with Crippen LogP contribution in [0.5, 0.6) is 0 Å². The van der Waals surface area contributed by atoms with Gasteiger partial charge in [0, 0.05) is 24.3 Å². The average Bonchev–Trinajstić information content (AvgIpc) is 2.87. The van der Waals surface area contributed by atoms with Crippen molar-refractivity contribution < 1.29 is 14.4 Å². The number of aliphatic hydroxyl groups is 1. The maximum absolute atomic E-state index is 12.3. The highest BCUT2D eigenvalue weighted by Crippen LogP contribution is 2.27. The molecule has 0 aromatic carbocycles. The van der Waals surface area contributed by atoms with E-state index in [2.05, 4.69) is 15.8 Å². The van der Waals surface area contributed by atoms with Crippen molar-refractivity contribution in [2.75, 3.05) is 6.61 Å². The molecule has 1 fully saturated rings. The Hall–Kier alpha value is -1.56. The van der Waals surface area contributed by atoms with Gasteiger partial charge in [-0.1, -0.05) is 24.4 Å². The van der Waals surface area contributed by atoms with Crippen molar-refractivity contribution in [2.45, 2.75) is 77.8 Å². The number of nitrogens with zero attached hydrogens (tertiary/aromatic N) is 1. The highest BCUT2D eigenvalue weighted by atomic mass is 16.5. The summed E-state index contributed by atoms with van der Waals surface area (Å²) in [6.45, 7) is 5.89. The van der Waals surface area contributed by atoms with Crippen LogP contribution in [0.4, 0.5) is 4.79 Å². The molecule has 3 N–H and O–H groups in total. The fourth-order valence-corrected chi connectivity index (χ4v) is 3.69. The van der Waals surface area contributed by atoms with Gasteiger partial charge in [-0.25, -0.2) is 4.79 Å². The predicted molar refractivity (Wildman–Crippen MR) is 92.9 cm³/mol. The zero-order valence-electron chi connectivity index (χ0n) is 15.1. The van der Waals surface area contributed by atoms with E-state index < -0.39 is 0 Å². The first-order valence-electron chi connectivity index (χ1n) is 9.11. The van der Waals surface area contributed by atoms with Crippen LogP contribution < -0.4 is 10.6 Å². The van der Waals surface area contributed by atoms with Gasteiger partial charge in [0.15, 0.2) is 0 Å². The standard InChI is InChI=1S/C18H31N3O3/c1-12(11-16-13(2)21-24-14(16)3)19-18(23)20-17(9-10-22)15-7-5-4-6-8-15/h12,15,17,22H,4-11H2,1-3H3,(H2,19,20,23)/t12-,17-/m1/s1. The van der Waals surface area contributed by atoms with E-state index in [0.29, 0.717) is 18.8 Å². The Kier molecular flexibility index (Phi) is 7.09. The minimum atomic E-state index is -0.154. The lowest BCUT2D eigenvalue weighted by Crippen LogP contribution is -2.49. The van der Waals surface area contributed by atoms with Crippen LogP contribution in [0.1, 0.15) is 62.5 Å². The van der Waals surface area contributed by atoms with E-state index in [-0.39, 0.29) is 24.7 Å². The Morgan fingerprint density at radius 2 is 2.00 bits per heavy atom. The van der Waals surface area contributed by atoms with Crippen molar-refractivity contribution in [1.29, 1.82) is 0 Å². The van der Waals surface area contributed by atoms with E-state index in [1.165, 1.54) is 19.3 Å². The Morgan fingerprint density at radius 1 is 1.29 bits per heavy atom. The van der Waals surface area contributed by atoms with Crippen LogP contribution in [0.2, 0.25) is 0 Å². The van der Waals surface area contributed by atoms with Crippen molar-refractivity contribution >= 4 is 6.03 Å². The van der Waals surface area contributed by atoms with Crippen molar-refractivity contribution in [3.63, 3.8) is 0 Å². The highest BCUT2D eigenvalue weighted by Gasteiger charge is 2.25. The Bertz CT molecular complexity index is 504. The van der Waals surface area contributed by atoms with E-state index in [4.69, 9.17) is 4.52 Å². The van der Waals surface area contributed by atoms with Gasteiger partial charge < -0.3 is 20.3 Å². The number of aryl methyl sites for hydroxylation is 2. The zero-order valence-corrected chi connectivity index (χ0v) is 15.1. The van der Waals surface area contributed by atoms with Crippen molar-refractivity contribution in [3.8, 4) is 0 Å². The molecule has 6 heteroatoms. The molecule has 0 bridgehead atoms. The van der Waals surface area contributed by atoms with Gasteiger partial charge in [-0.3, -0.25) is 0 Å². The van der Waals surface area contributed by atoms with Crippen LogP contribution in [0.15, 0.2) is 4.52 Å². The second-order valence-electron chi connectivity index (χ2n) is 7.04. The number of hydrogen-bond acceptors (Lipinski definition) is 4. The molecule has 1 aliphatic carbocycles. The second-order valence-corrected chi connectivity index (χ2v) is 7.04. The van der Waals surface area contributed by atoms with Crippen LogP contribution in [0.3, 0.4) is 0 Å². The van der Waals surface area contributed by atoms with Crippen molar-refractivity contribution in [1.82, 2.24) is 15.8 Å². The number of amides is 2. The lowest BCUT2D eigenvalue weighted by atomic mass is 9.83. The zero-order chi connectivity index (χ0) is 17.5. The molecule has 1 aromatic heterocycles. The summed E-state index contributed by atoms with van der Waals surface area (Å²) >= 11 is 0. The number of nitrogens with one attached hydrogen (secondary N) is 2. The molecule has 2 amide bonds. The quantitative estimate of drug-likeness (QED) is 0.714. The molecular weight excluding hydrogens is 306 g/mol. The predicted octanol–water partition coefficient (Wildman–Crippen LogP) is 2.85. The fraction of sp³-hybridized carbons (Fsp3) is 0.778. The summed E-state index contributed by atoms with van der Waals surface area (Å²) in [5.41, 5.74) is 1.93. The molecule has 1 heterocycles. The van der Waals surface area contributed by atoms with Crippen LogP contribution in [0.25, 0.3) is 0 Å². The Labute approximate surface area is 144 Å². The van der Waals surface area contributed by atoms with Crippen LogP contribution >= 0.6 is 0 Å². The third-order valence-electron chi connectivity index (χ3n) is 5.04. The van der Waals surface area contributed by atoms with Gasteiger partial charge in [0.25, 0.3) is 0 Å². The molecule has 2 rings (SSSR count). The van der Waals surface area contributed by atoms with Gasteiger partial charge in [0.1, 0.15) is 5.76 Å². The van der Waals surface area contributed by atoms with Crippen LogP contribution in [0, 0.1) is 19.8 Å². The molecule has 0 spiro atoms. The average molecular weight is 337 g/mol. The molecular formula is C18H31N3O3. The largest absolute Gasteiger partial charge is 0.396 e. The molecule has 136 valence electrons. The van der Waals surface area contributed by atoms with E-state index in [1.807, 2.05) is 20.8 Å². The first-order valence-corrected chi connectivity index (χ1v) is 9.11. The van der Waals surface area contributed by atoms with Crippen molar-refractivity contribution in [2.24, 2.45) is 5.92 Å². The third kappa shape index (κ3) is 5.23. The third-order valence-corrected chi connectivity index (χ3v) is 5.04. The summed E-state index contributed by atoms with van der Waals surface area (Å²) < 4.78 is 5.17. The maximum atomic E-state index is 12.3. The number of aromatic nitrogens is 1. The summed E-state index contributed by atoms with van der Waals surface area (Å²) in [6, 6.07) is -0.109. The fourth-order valence-electron chi connectivity index (χ4n) is 3.69. The van der Waals surface area contributed by atoms with Crippen LogP contribution in [-0.2, 0) is 6.42 Å². The minimum absolute atomic E-state index is 0.0112. The molecule has 1 aromatic rings. The number of hydrogen-bond donors (Lipinski definition) is 3. The summed E-state index contributed by atoms with van der Waals surface area (Å²) in [4.78, 5) is 12.3. The lowest BCUT2D eigenvalue weighted by Gasteiger charge is -2.31. The molecule has 6 nitrogen and oxygen atoms in total. The van der Waals surface area contributed by atoms with E-state index in [9.17, 15) is 9.90 Å². The molecule has 0 aliphatic heterocycles. The first-order chi connectivity index (χ1) is 11.5. The molecule has 0 saturated heterocycles. The summed E-state index contributed by atoms with van der Waals surface area (Å²) in [6.07, 6.45) is 7.32. The monoisotopic (exact) mass is 337 g/mol. The van der Waals surface area contributed by atoms with Gasteiger partial charge in [0.05, 0.1) is 5.69 Å². The number of urea groups is 1. The molecule has 1 saturated carbocycles. The second kappa shape index (κ2) is 9.06. The van der Waals surface area contributed by atoms with Gasteiger partial charge >= 0.3 is 6.03 Å². The van der Waals surface area contributed by atoms with E-state index >= 15 is 0 Å². The molecule has 0 radical (unpaired) electrons. The van der Waals surface area contributed by atoms with E-state index in [0.717, 1.165) is 29.9 Å². The van der Waals surface area contributed by atoms with Crippen LogP contribution in [-0.4, -0.2) is 35.0 Å². The topological polar surface area (TPSA) is 87.4 Å². The molecule has 24 heavy (non-hydrogen) atoms. The first kappa shape index (κ1) is 18.8. The summed E-state index contributed by atoms with van der Waals surface area (Å²) in [5, 5.41) is 19.3. The molecule has 1 aliphatic rings. The molecule has 2 atom stereocenters. The van der Waals surface area contributed by atoms with Gasteiger partial charge in [-0.05, 0) is 52.4 Å².